The first-order chi connectivity index (χ1) is 7.70. The molecular weight excluding hydrogens is 242 g/mol. The summed E-state index contributed by atoms with van der Waals surface area (Å²) in [7, 11) is 1.95. The minimum atomic E-state index is -0.499. The molecule has 2 heterocycles. The second-order valence-electron chi connectivity index (χ2n) is 3.86. The summed E-state index contributed by atoms with van der Waals surface area (Å²) in [4.78, 5) is 21.2. The smallest absolute Gasteiger partial charge is 0.251 e. The monoisotopic (exact) mass is 257 g/mol. The first kappa shape index (κ1) is 13.7. The number of hydrogen-bond donors (Lipinski definition) is 2. The van der Waals surface area contributed by atoms with E-state index in [9.17, 15) is 4.79 Å². The highest BCUT2D eigenvalue weighted by molar-refractivity contribution is 5.92. The Morgan fingerprint density at radius 3 is 2.65 bits per heavy atom. The van der Waals surface area contributed by atoms with Crippen molar-refractivity contribution in [2.75, 3.05) is 25.0 Å². The van der Waals surface area contributed by atoms with Crippen LogP contribution in [-0.4, -0.2) is 42.1 Å². The van der Waals surface area contributed by atoms with Crippen LogP contribution in [0.2, 0.25) is 0 Å². The SMILES string of the molecule is CN[C@@H]1CCN(c2ncc(C(N)=O)cn2)C1.Cl. The van der Waals surface area contributed by atoms with Crippen LogP contribution >= 0.6 is 12.4 Å². The molecule has 2 rings (SSSR count). The molecule has 0 bridgehead atoms. The third kappa shape index (κ3) is 3.04. The van der Waals surface area contributed by atoms with Gasteiger partial charge in [-0.1, -0.05) is 0 Å². The zero-order chi connectivity index (χ0) is 11.5. The Kier molecular flexibility index (Phi) is 4.65. The molecule has 94 valence electrons. The largest absolute Gasteiger partial charge is 0.366 e. The Balaban J connectivity index is 0.00000144. The summed E-state index contributed by atoms with van der Waals surface area (Å²) < 4.78 is 0. The number of carbonyl (C=O) groups excluding carboxylic acids is 1. The van der Waals surface area contributed by atoms with E-state index < -0.39 is 5.91 Å². The van der Waals surface area contributed by atoms with Crippen molar-refractivity contribution in [3.05, 3.63) is 18.0 Å². The molecule has 6 nitrogen and oxygen atoms in total. The summed E-state index contributed by atoms with van der Waals surface area (Å²) in [5.41, 5.74) is 5.46. The predicted octanol–water partition coefficient (Wildman–Crippen LogP) is -0.205. The zero-order valence-corrected chi connectivity index (χ0v) is 10.4. The minimum absolute atomic E-state index is 0. The highest BCUT2D eigenvalue weighted by Gasteiger charge is 2.22. The molecule has 0 aliphatic carbocycles. The van der Waals surface area contributed by atoms with E-state index in [2.05, 4.69) is 20.2 Å². The van der Waals surface area contributed by atoms with Crippen molar-refractivity contribution in [3.63, 3.8) is 0 Å². The Morgan fingerprint density at radius 2 is 2.18 bits per heavy atom. The number of aromatic nitrogens is 2. The normalized spacial score (nSPS) is 18.9. The van der Waals surface area contributed by atoms with Crippen LogP contribution in [0.5, 0.6) is 0 Å². The summed E-state index contributed by atoms with van der Waals surface area (Å²) in [6.07, 6.45) is 4.02. The van der Waals surface area contributed by atoms with Crippen molar-refractivity contribution in [3.8, 4) is 0 Å². The lowest BCUT2D eigenvalue weighted by Gasteiger charge is -2.15. The average Bonchev–Trinajstić information content (AvgIpc) is 2.77. The van der Waals surface area contributed by atoms with Gasteiger partial charge in [0.2, 0.25) is 5.95 Å². The number of primary amides is 1. The molecule has 1 fully saturated rings. The zero-order valence-electron chi connectivity index (χ0n) is 9.59. The van der Waals surface area contributed by atoms with E-state index in [0.29, 0.717) is 17.6 Å². The van der Waals surface area contributed by atoms with Crippen LogP contribution in [0.3, 0.4) is 0 Å². The second-order valence-corrected chi connectivity index (χ2v) is 3.86. The maximum absolute atomic E-state index is 10.9. The van der Waals surface area contributed by atoms with E-state index in [4.69, 9.17) is 5.73 Å². The third-order valence-corrected chi connectivity index (χ3v) is 2.80. The third-order valence-electron chi connectivity index (χ3n) is 2.80. The van der Waals surface area contributed by atoms with Crippen LogP contribution in [0.15, 0.2) is 12.4 Å². The highest BCUT2D eigenvalue weighted by Crippen LogP contribution is 2.15. The van der Waals surface area contributed by atoms with Crippen molar-refractivity contribution in [1.29, 1.82) is 0 Å². The Morgan fingerprint density at radius 1 is 1.53 bits per heavy atom. The van der Waals surface area contributed by atoms with Crippen molar-refractivity contribution >= 4 is 24.3 Å². The molecule has 0 saturated carbocycles. The van der Waals surface area contributed by atoms with Crippen LogP contribution in [0.4, 0.5) is 5.95 Å². The van der Waals surface area contributed by atoms with Crippen LogP contribution in [0, 0.1) is 0 Å². The van der Waals surface area contributed by atoms with Crippen molar-refractivity contribution in [2.45, 2.75) is 12.5 Å². The summed E-state index contributed by atoms with van der Waals surface area (Å²) >= 11 is 0. The fraction of sp³-hybridized carbons (Fsp3) is 0.500. The standard InChI is InChI=1S/C10H15N5O.ClH/c1-12-8-2-3-15(6-8)10-13-4-7(5-14-10)9(11)16;/h4-5,8,12H,2-3,6H2,1H3,(H2,11,16);1H/t8-;/m1./s1. The molecule has 0 unspecified atom stereocenters. The molecule has 7 heteroatoms. The van der Waals surface area contributed by atoms with Gasteiger partial charge >= 0.3 is 0 Å². The molecule has 0 radical (unpaired) electrons. The quantitative estimate of drug-likeness (QED) is 0.783. The number of carbonyl (C=O) groups is 1. The molecule has 1 amide bonds. The number of rotatable bonds is 3. The Bertz CT molecular complexity index is 383. The molecular formula is C10H16ClN5O. The molecule has 0 spiro atoms. The van der Waals surface area contributed by atoms with E-state index in [1.54, 1.807) is 0 Å². The average molecular weight is 258 g/mol. The summed E-state index contributed by atoms with van der Waals surface area (Å²) in [6.45, 7) is 1.83. The minimum Gasteiger partial charge on any atom is -0.366 e. The summed E-state index contributed by atoms with van der Waals surface area (Å²) in [5, 5.41) is 3.22. The number of nitrogens with two attached hydrogens (primary N) is 1. The van der Waals surface area contributed by atoms with Crippen molar-refractivity contribution < 1.29 is 4.79 Å². The van der Waals surface area contributed by atoms with Crippen LogP contribution < -0.4 is 16.0 Å². The fourth-order valence-electron chi connectivity index (χ4n) is 1.79. The highest BCUT2D eigenvalue weighted by atomic mass is 35.5. The number of nitrogens with zero attached hydrogens (tertiary/aromatic N) is 3. The Hall–Kier alpha value is -1.40. The molecule has 1 aromatic rings. The van der Waals surface area contributed by atoms with Gasteiger partial charge in [-0.05, 0) is 13.5 Å². The summed E-state index contributed by atoms with van der Waals surface area (Å²) in [6, 6.07) is 0.486. The van der Waals surface area contributed by atoms with Crippen LogP contribution in [0.25, 0.3) is 0 Å². The fourth-order valence-corrected chi connectivity index (χ4v) is 1.79. The van der Waals surface area contributed by atoms with Gasteiger partial charge in [-0.15, -0.1) is 12.4 Å². The lowest BCUT2D eigenvalue weighted by atomic mass is 10.3. The van der Waals surface area contributed by atoms with Crippen LogP contribution in [-0.2, 0) is 0 Å². The van der Waals surface area contributed by atoms with Crippen molar-refractivity contribution in [2.24, 2.45) is 5.73 Å². The van der Waals surface area contributed by atoms with E-state index in [1.165, 1.54) is 12.4 Å². The van der Waals surface area contributed by atoms with Gasteiger partial charge in [0.1, 0.15) is 0 Å². The van der Waals surface area contributed by atoms with Gasteiger partial charge < -0.3 is 16.0 Å². The number of nitrogens with one attached hydrogen (secondary N) is 1. The molecule has 17 heavy (non-hydrogen) atoms. The van der Waals surface area contributed by atoms with E-state index >= 15 is 0 Å². The number of hydrogen-bond acceptors (Lipinski definition) is 5. The van der Waals surface area contributed by atoms with Gasteiger partial charge in [-0.25, -0.2) is 9.97 Å². The lowest BCUT2D eigenvalue weighted by molar-refractivity contribution is 0.0999. The lowest BCUT2D eigenvalue weighted by Crippen LogP contribution is -2.30. The second kappa shape index (κ2) is 5.79. The number of anilines is 1. The van der Waals surface area contributed by atoms with E-state index in [0.717, 1.165) is 19.5 Å². The maximum atomic E-state index is 10.9. The first-order valence-electron chi connectivity index (χ1n) is 5.24. The molecule has 1 aliphatic rings. The number of halogens is 1. The first-order valence-corrected chi connectivity index (χ1v) is 5.24. The Labute approximate surface area is 106 Å². The molecule has 3 N–H and O–H groups in total. The molecule has 0 aromatic carbocycles. The van der Waals surface area contributed by atoms with Gasteiger partial charge in [0.25, 0.3) is 5.91 Å². The van der Waals surface area contributed by atoms with E-state index in [1.807, 2.05) is 7.05 Å². The molecule has 1 atom stereocenters. The van der Waals surface area contributed by atoms with Gasteiger partial charge in [0.05, 0.1) is 5.56 Å². The topological polar surface area (TPSA) is 84.1 Å². The van der Waals surface area contributed by atoms with E-state index in [-0.39, 0.29) is 12.4 Å². The van der Waals surface area contributed by atoms with Crippen LogP contribution in [0.1, 0.15) is 16.8 Å². The predicted molar refractivity (Wildman–Crippen MR) is 67.5 cm³/mol. The molecule has 1 aromatic heterocycles. The van der Waals surface area contributed by atoms with Gasteiger partial charge in [-0.2, -0.15) is 0 Å². The number of amides is 1. The maximum Gasteiger partial charge on any atom is 0.251 e. The summed E-state index contributed by atoms with van der Waals surface area (Å²) in [5.74, 6) is 0.156. The molecule has 1 aliphatic heterocycles. The van der Waals surface area contributed by atoms with Crippen molar-refractivity contribution in [1.82, 2.24) is 15.3 Å². The van der Waals surface area contributed by atoms with Gasteiger partial charge in [0, 0.05) is 31.5 Å². The van der Waals surface area contributed by atoms with Gasteiger partial charge in [0.15, 0.2) is 0 Å². The van der Waals surface area contributed by atoms with Gasteiger partial charge in [-0.3, -0.25) is 4.79 Å². The number of likely N-dealkylation sites (N-methyl/N-ethyl adjacent to an activating group) is 1. The molecule has 1 saturated heterocycles.